The molecule has 0 radical (unpaired) electrons. The number of carbonyl (C=O) groups is 1. The topological polar surface area (TPSA) is 54.9 Å². The molecule has 0 aliphatic carbocycles. The molecule has 4 nitrogen and oxygen atoms in total. The van der Waals surface area contributed by atoms with Crippen LogP contribution >= 0.6 is 11.6 Å². The summed E-state index contributed by atoms with van der Waals surface area (Å²) in [4.78, 5) is 20.3. The minimum absolute atomic E-state index is 0.0301. The van der Waals surface area contributed by atoms with Gasteiger partial charge >= 0.3 is 6.18 Å². The molecule has 9 heteroatoms. The van der Waals surface area contributed by atoms with Crippen molar-refractivity contribution in [2.75, 3.05) is 5.32 Å². The van der Waals surface area contributed by atoms with E-state index in [0.717, 1.165) is 18.2 Å². The number of nitrogens with zero attached hydrogens (tertiary/aromatic N) is 2. The molecule has 2 aromatic carbocycles. The maximum absolute atomic E-state index is 13.7. The Hall–Kier alpha value is -3.00. The molecule has 1 aromatic heterocycles. The van der Waals surface area contributed by atoms with Crippen LogP contribution in [0.4, 0.5) is 23.5 Å². The molecular formula is C19H12ClF4N3O. The van der Waals surface area contributed by atoms with Crippen LogP contribution in [0.3, 0.4) is 0 Å². The fourth-order valence-electron chi connectivity index (χ4n) is 2.38. The summed E-state index contributed by atoms with van der Waals surface area (Å²) in [6.07, 6.45) is -2.16. The van der Waals surface area contributed by atoms with Crippen molar-refractivity contribution in [1.29, 1.82) is 0 Å². The van der Waals surface area contributed by atoms with Crippen molar-refractivity contribution in [3.8, 4) is 0 Å². The van der Waals surface area contributed by atoms with Crippen molar-refractivity contribution in [3.63, 3.8) is 0 Å². The number of nitrogens with one attached hydrogen (secondary N) is 1. The van der Waals surface area contributed by atoms with Gasteiger partial charge in [0.15, 0.2) is 5.78 Å². The molecule has 0 fully saturated rings. The molecule has 144 valence electrons. The summed E-state index contributed by atoms with van der Waals surface area (Å²) in [5.41, 5.74) is -0.662. The molecule has 1 heterocycles. The number of alkyl halides is 3. The van der Waals surface area contributed by atoms with Crippen LogP contribution in [-0.4, -0.2) is 15.8 Å². The Morgan fingerprint density at radius 1 is 1.04 bits per heavy atom. The van der Waals surface area contributed by atoms with Gasteiger partial charge in [-0.05, 0) is 24.3 Å². The van der Waals surface area contributed by atoms with Gasteiger partial charge in [-0.25, -0.2) is 14.4 Å². The first kappa shape index (κ1) is 19.8. The van der Waals surface area contributed by atoms with E-state index in [1.165, 1.54) is 30.6 Å². The Morgan fingerprint density at radius 3 is 2.39 bits per heavy atom. The average molecular weight is 410 g/mol. The zero-order chi connectivity index (χ0) is 20.3. The average Bonchev–Trinajstić information content (AvgIpc) is 2.67. The highest BCUT2D eigenvalue weighted by Crippen LogP contribution is 2.30. The van der Waals surface area contributed by atoms with Crippen LogP contribution in [-0.2, 0) is 12.7 Å². The lowest BCUT2D eigenvalue weighted by atomic mass is 10.0. The number of aromatic nitrogens is 2. The Bertz CT molecular complexity index is 1010. The van der Waals surface area contributed by atoms with Crippen molar-refractivity contribution < 1.29 is 22.4 Å². The normalized spacial score (nSPS) is 11.3. The summed E-state index contributed by atoms with van der Waals surface area (Å²) in [5.74, 6) is -0.993. The lowest BCUT2D eigenvalue weighted by Crippen LogP contribution is -2.10. The fraction of sp³-hybridized carbons (Fsp3) is 0.105. The van der Waals surface area contributed by atoms with Gasteiger partial charge < -0.3 is 5.32 Å². The number of rotatable bonds is 5. The first-order valence-electron chi connectivity index (χ1n) is 7.96. The fourth-order valence-corrected chi connectivity index (χ4v) is 2.54. The van der Waals surface area contributed by atoms with Gasteiger partial charge in [-0.15, -0.1) is 0 Å². The predicted molar refractivity (Wildman–Crippen MR) is 95.6 cm³/mol. The van der Waals surface area contributed by atoms with Gasteiger partial charge in [0.25, 0.3) is 0 Å². The Balaban J connectivity index is 1.71. The molecule has 0 spiro atoms. The van der Waals surface area contributed by atoms with Crippen LogP contribution in [0.1, 0.15) is 27.0 Å². The summed E-state index contributed by atoms with van der Waals surface area (Å²) in [6.45, 7) is 0.0872. The van der Waals surface area contributed by atoms with Crippen LogP contribution in [0.5, 0.6) is 0 Å². The summed E-state index contributed by atoms with van der Waals surface area (Å²) < 4.78 is 52.1. The molecule has 0 saturated heterocycles. The SMILES string of the molecule is O=C(c1cnc(NCc2ccc(Cl)cc2F)nc1)c1cccc(C(F)(F)F)c1. The van der Waals surface area contributed by atoms with E-state index in [-0.39, 0.29) is 28.6 Å². The monoisotopic (exact) mass is 409 g/mol. The van der Waals surface area contributed by atoms with Crippen LogP contribution in [0.2, 0.25) is 5.02 Å². The van der Waals surface area contributed by atoms with Gasteiger partial charge in [-0.2, -0.15) is 13.2 Å². The first-order chi connectivity index (χ1) is 13.2. The van der Waals surface area contributed by atoms with Gasteiger partial charge in [0.05, 0.1) is 11.1 Å². The highest BCUT2D eigenvalue weighted by atomic mass is 35.5. The minimum Gasteiger partial charge on any atom is -0.350 e. The van der Waals surface area contributed by atoms with Gasteiger partial charge in [-0.1, -0.05) is 29.8 Å². The number of benzene rings is 2. The number of ketones is 1. The quantitative estimate of drug-likeness (QED) is 0.469. The summed E-state index contributed by atoms with van der Waals surface area (Å²) >= 11 is 5.69. The molecule has 0 saturated carbocycles. The third kappa shape index (κ3) is 4.64. The molecule has 3 rings (SSSR count). The van der Waals surface area contributed by atoms with Crippen molar-refractivity contribution in [2.45, 2.75) is 12.7 Å². The first-order valence-corrected chi connectivity index (χ1v) is 8.33. The van der Waals surface area contributed by atoms with E-state index in [0.29, 0.717) is 5.56 Å². The van der Waals surface area contributed by atoms with E-state index >= 15 is 0 Å². The highest BCUT2D eigenvalue weighted by molar-refractivity contribution is 6.30. The van der Waals surface area contributed by atoms with Crippen LogP contribution in [0, 0.1) is 5.82 Å². The van der Waals surface area contributed by atoms with Gasteiger partial charge in [0, 0.05) is 35.1 Å². The third-order valence-electron chi connectivity index (χ3n) is 3.82. The van der Waals surface area contributed by atoms with Crippen molar-refractivity contribution in [1.82, 2.24) is 9.97 Å². The molecule has 0 unspecified atom stereocenters. The summed E-state index contributed by atoms with van der Waals surface area (Å²) in [5, 5.41) is 3.06. The summed E-state index contributed by atoms with van der Waals surface area (Å²) in [6, 6.07) is 8.33. The van der Waals surface area contributed by atoms with E-state index in [1.807, 2.05) is 0 Å². The number of hydrogen-bond acceptors (Lipinski definition) is 4. The van der Waals surface area contributed by atoms with Gasteiger partial charge in [0.2, 0.25) is 5.95 Å². The zero-order valence-electron chi connectivity index (χ0n) is 14.1. The number of halogens is 5. The highest BCUT2D eigenvalue weighted by Gasteiger charge is 2.31. The lowest BCUT2D eigenvalue weighted by Gasteiger charge is -2.09. The van der Waals surface area contributed by atoms with Gasteiger partial charge in [0.1, 0.15) is 5.82 Å². The minimum atomic E-state index is -4.54. The largest absolute Gasteiger partial charge is 0.416 e. The lowest BCUT2D eigenvalue weighted by molar-refractivity contribution is -0.137. The van der Waals surface area contributed by atoms with Crippen molar-refractivity contribution in [2.24, 2.45) is 0 Å². The maximum Gasteiger partial charge on any atom is 0.416 e. The number of carbonyl (C=O) groups excluding carboxylic acids is 1. The van der Waals surface area contributed by atoms with E-state index in [2.05, 4.69) is 15.3 Å². The second-order valence-electron chi connectivity index (χ2n) is 5.79. The molecule has 28 heavy (non-hydrogen) atoms. The van der Waals surface area contributed by atoms with E-state index in [1.54, 1.807) is 6.07 Å². The second-order valence-corrected chi connectivity index (χ2v) is 6.23. The Kier molecular flexibility index (Phi) is 5.60. The van der Waals surface area contributed by atoms with Gasteiger partial charge in [-0.3, -0.25) is 4.79 Å². The predicted octanol–water partition coefficient (Wildman–Crippen LogP) is 5.13. The van der Waals surface area contributed by atoms with Crippen molar-refractivity contribution in [3.05, 3.63) is 88.0 Å². The number of anilines is 1. The van der Waals surface area contributed by atoms with Crippen molar-refractivity contribution >= 4 is 23.3 Å². The molecule has 3 aromatic rings. The van der Waals surface area contributed by atoms with Crippen LogP contribution in [0.15, 0.2) is 54.9 Å². The molecular weight excluding hydrogens is 398 g/mol. The Morgan fingerprint density at radius 2 is 1.75 bits per heavy atom. The number of hydrogen-bond donors (Lipinski definition) is 1. The molecule has 0 bridgehead atoms. The zero-order valence-corrected chi connectivity index (χ0v) is 14.9. The standard InChI is InChI=1S/C19H12ClF4N3O/c20-15-5-4-12(16(21)7-15)8-25-18-26-9-13(10-27-18)17(28)11-2-1-3-14(6-11)19(22,23)24/h1-7,9-10H,8H2,(H,25,26,27). The molecule has 0 amide bonds. The molecule has 0 aliphatic heterocycles. The second kappa shape index (κ2) is 7.93. The third-order valence-corrected chi connectivity index (χ3v) is 4.05. The Labute approximate surface area is 162 Å². The maximum atomic E-state index is 13.7. The molecule has 1 N–H and O–H groups in total. The molecule has 0 atom stereocenters. The van der Waals surface area contributed by atoms with E-state index in [9.17, 15) is 22.4 Å². The summed E-state index contributed by atoms with van der Waals surface area (Å²) in [7, 11) is 0. The smallest absolute Gasteiger partial charge is 0.350 e. The van der Waals surface area contributed by atoms with Crippen LogP contribution in [0.25, 0.3) is 0 Å². The van der Waals surface area contributed by atoms with E-state index < -0.39 is 23.3 Å². The van der Waals surface area contributed by atoms with E-state index in [4.69, 9.17) is 11.6 Å². The van der Waals surface area contributed by atoms with Crippen LogP contribution < -0.4 is 5.32 Å². The molecule has 0 aliphatic rings.